The molecule has 0 amide bonds. The minimum Gasteiger partial charge on any atom is -0.0616 e. The molecule has 0 fully saturated rings. The summed E-state index contributed by atoms with van der Waals surface area (Å²) in [4.78, 5) is 0. The predicted molar refractivity (Wildman–Crippen MR) is 127 cm³/mol. The highest BCUT2D eigenvalue weighted by atomic mass is 14.1. The van der Waals surface area contributed by atoms with Crippen molar-refractivity contribution in [1.29, 1.82) is 0 Å². The van der Waals surface area contributed by atoms with E-state index < -0.39 is 0 Å². The van der Waals surface area contributed by atoms with Crippen LogP contribution in [0.15, 0.2) is 60.7 Å². The molecule has 150 valence electrons. The lowest BCUT2D eigenvalue weighted by Gasteiger charge is -2.15. The van der Waals surface area contributed by atoms with Crippen LogP contribution in [-0.2, 0) is 0 Å². The molecule has 0 unspecified atom stereocenters. The molecule has 0 aliphatic rings. The molecule has 0 spiro atoms. The van der Waals surface area contributed by atoms with Crippen LogP contribution >= 0.6 is 0 Å². The molecule has 0 saturated carbocycles. The van der Waals surface area contributed by atoms with Crippen LogP contribution < -0.4 is 0 Å². The van der Waals surface area contributed by atoms with Gasteiger partial charge in [0.15, 0.2) is 0 Å². The molecule has 0 aliphatic carbocycles. The van der Waals surface area contributed by atoms with E-state index in [2.05, 4.69) is 116 Å². The summed E-state index contributed by atoms with van der Waals surface area (Å²) in [5.41, 5.74) is 5.78. The molecule has 0 N–H and O–H groups in total. The zero-order valence-corrected chi connectivity index (χ0v) is 19.1. The lowest BCUT2D eigenvalue weighted by atomic mass is 9.89. The van der Waals surface area contributed by atoms with E-state index in [4.69, 9.17) is 0 Å². The fourth-order valence-electron chi connectivity index (χ4n) is 3.62. The predicted octanol–water partition coefficient (Wildman–Crippen LogP) is 9.02. The third kappa shape index (κ3) is 5.47. The summed E-state index contributed by atoms with van der Waals surface area (Å²) in [6.07, 6.45) is 0. The van der Waals surface area contributed by atoms with E-state index in [-0.39, 0.29) is 0 Å². The van der Waals surface area contributed by atoms with Gasteiger partial charge in [-0.05, 0) is 56.7 Å². The molecular formula is C28H38. The van der Waals surface area contributed by atoms with Gasteiger partial charge in [-0.25, -0.2) is 0 Å². The van der Waals surface area contributed by atoms with Crippen molar-refractivity contribution in [2.45, 2.75) is 79.1 Å². The van der Waals surface area contributed by atoms with Gasteiger partial charge >= 0.3 is 0 Å². The van der Waals surface area contributed by atoms with Crippen LogP contribution in [0.2, 0.25) is 0 Å². The van der Waals surface area contributed by atoms with Gasteiger partial charge in [0.1, 0.15) is 0 Å². The Kier molecular flexibility index (Phi) is 7.87. The van der Waals surface area contributed by atoms with E-state index >= 15 is 0 Å². The molecular weight excluding hydrogens is 336 g/mol. The van der Waals surface area contributed by atoms with Gasteiger partial charge in [-0.2, -0.15) is 0 Å². The Hall–Kier alpha value is -2.08. The topological polar surface area (TPSA) is 0 Å². The molecule has 3 aromatic rings. The summed E-state index contributed by atoms with van der Waals surface area (Å²) in [5, 5.41) is 2.84. The normalized spacial score (nSPS) is 11.4. The summed E-state index contributed by atoms with van der Waals surface area (Å²) in [7, 11) is 0. The van der Waals surface area contributed by atoms with Crippen LogP contribution in [0.4, 0.5) is 0 Å². The highest BCUT2D eigenvalue weighted by molar-refractivity contribution is 5.89. The van der Waals surface area contributed by atoms with Crippen molar-refractivity contribution in [1.82, 2.24) is 0 Å². The highest BCUT2D eigenvalue weighted by Crippen LogP contribution is 2.31. The Morgan fingerprint density at radius 2 is 0.714 bits per heavy atom. The molecule has 0 aliphatic heterocycles. The lowest BCUT2D eigenvalue weighted by molar-refractivity contribution is 0.845. The maximum atomic E-state index is 2.29. The number of benzene rings is 3. The summed E-state index contributed by atoms with van der Waals surface area (Å²) in [6, 6.07) is 22.3. The fourth-order valence-corrected chi connectivity index (χ4v) is 3.62. The minimum atomic E-state index is 0.589. The van der Waals surface area contributed by atoms with Gasteiger partial charge in [0, 0.05) is 0 Å². The van der Waals surface area contributed by atoms with Gasteiger partial charge in [0.05, 0.1) is 0 Å². The smallest absolute Gasteiger partial charge is 0.0146 e. The molecule has 3 aromatic carbocycles. The number of rotatable bonds is 4. The van der Waals surface area contributed by atoms with Crippen LogP contribution in [-0.4, -0.2) is 0 Å². The van der Waals surface area contributed by atoms with Crippen molar-refractivity contribution in [3.05, 3.63) is 82.9 Å². The second-order valence-electron chi connectivity index (χ2n) is 9.08. The Labute approximate surface area is 173 Å². The number of hydrogen-bond acceptors (Lipinski definition) is 0. The van der Waals surface area contributed by atoms with Gasteiger partial charge in [0.2, 0.25) is 0 Å². The standard InChI is InChI=1S/C16H20.C12H18/c1-11(2)13-9-10-14(12(3)4)16-8-6-5-7-15(13)16;1-9(2)11-5-7-12(8-6-11)10(3)4/h5-12H,1-4H3;5-10H,1-4H3. The van der Waals surface area contributed by atoms with E-state index in [1.807, 2.05) is 0 Å². The van der Waals surface area contributed by atoms with Crippen molar-refractivity contribution in [3.63, 3.8) is 0 Å². The molecule has 0 nitrogen and oxygen atoms in total. The summed E-state index contributed by atoms with van der Waals surface area (Å²) >= 11 is 0. The van der Waals surface area contributed by atoms with Crippen LogP contribution in [0.3, 0.4) is 0 Å². The first-order chi connectivity index (χ1) is 13.2. The van der Waals surface area contributed by atoms with E-state index in [0.29, 0.717) is 23.7 Å². The number of hydrogen-bond donors (Lipinski definition) is 0. The summed E-state index contributed by atoms with van der Waals surface area (Å²) in [6.45, 7) is 17.9. The van der Waals surface area contributed by atoms with Crippen LogP contribution in [0.5, 0.6) is 0 Å². The largest absolute Gasteiger partial charge is 0.0616 e. The second kappa shape index (κ2) is 9.92. The van der Waals surface area contributed by atoms with E-state index in [1.54, 1.807) is 0 Å². The first kappa shape index (κ1) is 22.2. The van der Waals surface area contributed by atoms with Crippen molar-refractivity contribution in [2.75, 3.05) is 0 Å². The van der Waals surface area contributed by atoms with Crippen LogP contribution in [0.25, 0.3) is 10.8 Å². The molecule has 0 radical (unpaired) electrons. The van der Waals surface area contributed by atoms with Crippen LogP contribution in [0.1, 0.15) is 101 Å². The van der Waals surface area contributed by atoms with E-state index in [1.165, 1.54) is 33.0 Å². The SMILES string of the molecule is CC(C)c1ccc(C(C)C)c2ccccc12.CC(C)c1ccc(C(C)C)cc1. The summed E-state index contributed by atoms with van der Waals surface area (Å²) < 4.78 is 0. The molecule has 0 saturated heterocycles. The van der Waals surface area contributed by atoms with Gasteiger partial charge < -0.3 is 0 Å². The Bertz CT molecular complexity index is 791. The molecule has 0 atom stereocenters. The van der Waals surface area contributed by atoms with E-state index in [9.17, 15) is 0 Å². The van der Waals surface area contributed by atoms with Crippen molar-refractivity contribution >= 4 is 10.8 Å². The second-order valence-corrected chi connectivity index (χ2v) is 9.08. The first-order valence-electron chi connectivity index (χ1n) is 10.8. The Morgan fingerprint density at radius 3 is 0.964 bits per heavy atom. The quantitative estimate of drug-likeness (QED) is 0.427. The summed E-state index contributed by atoms with van der Waals surface area (Å²) in [5.74, 6) is 2.47. The fraction of sp³-hybridized carbons (Fsp3) is 0.429. The minimum absolute atomic E-state index is 0.589. The molecule has 0 aromatic heterocycles. The Morgan fingerprint density at radius 1 is 0.393 bits per heavy atom. The lowest BCUT2D eigenvalue weighted by Crippen LogP contribution is -1.95. The molecule has 3 rings (SSSR count). The zero-order chi connectivity index (χ0) is 20.8. The molecule has 0 bridgehead atoms. The van der Waals surface area contributed by atoms with Gasteiger partial charge in [-0.1, -0.05) is 116 Å². The molecule has 0 heterocycles. The first-order valence-corrected chi connectivity index (χ1v) is 10.8. The third-order valence-corrected chi connectivity index (χ3v) is 5.51. The molecule has 28 heavy (non-hydrogen) atoms. The third-order valence-electron chi connectivity index (χ3n) is 5.51. The van der Waals surface area contributed by atoms with Crippen molar-refractivity contribution < 1.29 is 0 Å². The Balaban J connectivity index is 0.000000209. The van der Waals surface area contributed by atoms with Gasteiger partial charge in [0.25, 0.3) is 0 Å². The zero-order valence-electron chi connectivity index (χ0n) is 19.1. The highest BCUT2D eigenvalue weighted by Gasteiger charge is 2.10. The average Bonchev–Trinajstić information content (AvgIpc) is 2.67. The van der Waals surface area contributed by atoms with E-state index in [0.717, 1.165) is 0 Å². The average molecular weight is 375 g/mol. The maximum absolute atomic E-state index is 2.29. The number of fused-ring (bicyclic) bond motifs is 1. The molecule has 0 heteroatoms. The monoisotopic (exact) mass is 374 g/mol. The van der Waals surface area contributed by atoms with Crippen molar-refractivity contribution in [3.8, 4) is 0 Å². The van der Waals surface area contributed by atoms with Crippen LogP contribution in [0, 0.1) is 0 Å². The van der Waals surface area contributed by atoms with Crippen molar-refractivity contribution in [2.24, 2.45) is 0 Å². The van der Waals surface area contributed by atoms with Gasteiger partial charge in [-0.15, -0.1) is 0 Å². The van der Waals surface area contributed by atoms with Gasteiger partial charge in [-0.3, -0.25) is 0 Å². The maximum Gasteiger partial charge on any atom is -0.0146 e.